The number of methoxy groups -OCH3 is 2. The maximum absolute atomic E-state index is 11.1. The van der Waals surface area contributed by atoms with Gasteiger partial charge in [0, 0.05) is 12.8 Å². The van der Waals surface area contributed by atoms with Crippen LogP contribution in [0.1, 0.15) is 199 Å². The predicted molar refractivity (Wildman–Crippen MR) is 167 cm³/mol. The Labute approximate surface area is 244 Å². The third kappa shape index (κ3) is 33.0. The molecule has 0 aliphatic heterocycles. The standard InChI is InChI=1S/C35H68O4/c1-38-34(36)32-30-28-26-24-22-20-18-16-14-12-10-8-6-4-3-5-7-9-11-13-15-17-19-21-23-25-27-29-31-33-35(37)39-2/h3-33H2,1-2H3. The van der Waals surface area contributed by atoms with Crippen LogP contribution in [0.15, 0.2) is 0 Å². The van der Waals surface area contributed by atoms with Crippen LogP contribution in [0, 0.1) is 0 Å². The fraction of sp³-hybridized carbons (Fsp3) is 0.943. The second kappa shape index (κ2) is 33.1. The van der Waals surface area contributed by atoms with E-state index < -0.39 is 0 Å². The molecule has 0 heterocycles. The van der Waals surface area contributed by atoms with Crippen molar-refractivity contribution in [3.05, 3.63) is 0 Å². The molecule has 0 saturated carbocycles. The van der Waals surface area contributed by atoms with E-state index in [1.807, 2.05) is 0 Å². The van der Waals surface area contributed by atoms with Crippen molar-refractivity contribution in [2.45, 2.75) is 199 Å². The van der Waals surface area contributed by atoms with Crippen molar-refractivity contribution in [2.24, 2.45) is 0 Å². The number of carbonyl (C=O) groups excluding carboxylic acids is 2. The van der Waals surface area contributed by atoms with Crippen molar-refractivity contribution < 1.29 is 19.1 Å². The number of esters is 2. The van der Waals surface area contributed by atoms with Crippen LogP contribution in [0.5, 0.6) is 0 Å². The minimum Gasteiger partial charge on any atom is -0.469 e. The lowest BCUT2D eigenvalue weighted by Crippen LogP contribution is -1.99. The highest BCUT2D eigenvalue weighted by Crippen LogP contribution is 2.16. The fourth-order valence-electron chi connectivity index (χ4n) is 5.52. The Bertz CT molecular complexity index is 461. The SMILES string of the molecule is COC(=O)CCCCCCCCCCCCCCCCCCCCCCCCCCCCCCCC(=O)OC. The lowest BCUT2D eigenvalue weighted by atomic mass is 10.0. The van der Waals surface area contributed by atoms with E-state index in [9.17, 15) is 9.59 Å². The molecular formula is C35H68O4. The first-order chi connectivity index (χ1) is 19.2. The van der Waals surface area contributed by atoms with E-state index in [2.05, 4.69) is 9.47 Å². The summed E-state index contributed by atoms with van der Waals surface area (Å²) >= 11 is 0. The molecule has 0 aliphatic rings. The summed E-state index contributed by atoms with van der Waals surface area (Å²) in [6.07, 6.45) is 40.6. The topological polar surface area (TPSA) is 52.6 Å². The quantitative estimate of drug-likeness (QED) is 0.0615. The lowest BCUT2D eigenvalue weighted by molar-refractivity contribution is -0.141. The van der Waals surface area contributed by atoms with Crippen LogP contribution in [0.2, 0.25) is 0 Å². The third-order valence-electron chi connectivity index (χ3n) is 8.22. The number of carbonyl (C=O) groups is 2. The predicted octanol–water partition coefficient (Wildman–Crippen LogP) is 11.4. The summed E-state index contributed by atoms with van der Waals surface area (Å²) in [5, 5.41) is 0. The van der Waals surface area contributed by atoms with E-state index in [4.69, 9.17) is 0 Å². The fourth-order valence-corrected chi connectivity index (χ4v) is 5.52. The van der Waals surface area contributed by atoms with Gasteiger partial charge in [-0.15, -0.1) is 0 Å². The largest absolute Gasteiger partial charge is 0.469 e. The van der Waals surface area contributed by atoms with E-state index in [0.29, 0.717) is 12.8 Å². The number of hydrogen-bond acceptors (Lipinski definition) is 4. The lowest BCUT2D eigenvalue weighted by Gasteiger charge is -2.05. The van der Waals surface area contributed by atoms with E-state index in [1.54, 1.807) is 0 Å². The Morgan fingerprint density at radius 2 is 0.410 bits per heavy atom. The Morgan fingerprint density at radius 1 is 0.282 bits per heavy atom. The van der Waals surface area contributed by atoms with Crippen molar-refractivity contribution in [1.29, 1.82) is 0 Å². The highest BCUT2D eigenvalue weighted by molar-refractivity contribution is 5.69. The van der Waals surface area contributed by atoms with E-state index in [-0.39, 0.29) is 11.9 Å². The second-order valence-corrected chi connectivity index (χ2v) is 11.9. The molecule has 0 radical (unpaired) electrons. The van der Waals surface area contributed by atoms with E-state index in [0.717, 1.165) is 12.8 Å². The normalized spacial score (nSPS) is 11.1. The van der Waals surface area contributed by atoms with Gasteiger partial charge in [-0.25, -0.2) is 0 Å². The Hall–Kier alpha value is -1.06. The summed E-state index contributed by atoms with van der Waals surface area (Å²) in [5.74, 6) is -0.132. The van der Waals surface area contributed by atoms with Gasteiger partial charge in [-0.2, -0.15) is 0 Å². The Morgan fingerprint density at radius 3 is 0.538 bits per heavy atom. The van der Waals surface area contributed by atoms with Crippen LogP contribution in [0.25, 0.3) is 0 Å². The van der Waals surface area contributed by atoms with Gasteiger partial charge in [-0.3, -0.25) is 9.59 Å². The summed E-state index contributed by atoms with van der Waals surface area (Å²) in [6.45, 7) is 0. The van der Waals surface area contributed by atoms with Gasteiger partial charge in [-0.05, 0) is 12.8 Å². The highest BCUT2D eigenvalue weighted by atomic mass is 16.5. The van der Waals surface area contributed by atoms with Crippen LogP contribution in [-0.4, -0.2) is 26.2 Å². The van der Waals surface area contributed by atoms with Gasteiger partial charge in [0.1, 0.15) is 0 Å². The molecule has 232 valence electrons. The van der Waals surface area contributed by atoms with E-state index >= 15 is 0 Å². The zero-order chi connectivity index (χ0) is 28.5. The van der Waals surface area contributed by atoms with Crippen molar-refractivity contribution in [3.63, 3.8) is 0 Å². The van der Waals surface area contributed by atoms with Crippen LogP contribution >= 0.6 is 0 Å². The van der Waals surface area contributed by atoms with Crippen molar-refractivity contribution >= 4 is 11.9 Å². The Balaban J connectivity index is 3.06. The molecule has 0 unspecified atom stereocenters. The van der Waals surface area contributed by atoms with Crippen molar-refractivity contribution in [3.8, 4) is 0 Å². The summed E-state index contributed by atoms with van der Waals surface area (Å²) in [7, 11) is 2.94. The van der Waals surface area contributed by atoms with Gasteiger partial charge in [0.2, 0.25) is 0 Å². The first-order valence-corrected chi connectivity index (χ1v) is 17.3. The maximum atomic E-state index is 11.1. The molecule has 4 nitrogen and oxygen atoms in total. The molecule has 0 aromatic heterocycles. The minimum absolute atomic E-state index is 0.0661. The zero-order valence-corrected chi connectivity index (χ0v) is 26.6. The molecule has 0 aliphatic carbocycles. The molecule has 0 atom stereocenters. The second-order valence-electron chi connectivity index (χ2n) is 11.9. The molecule has 0 fully saturated rings. The van der Waals surface area contributed by atoms with Crippen LogP contribution in [-0.2, 0) is 19.1 Å². The minimum atomic E-state index is -0.0661. The molecule has 0 spiro atoms. The Kier molecular flexibility index (Phi) is 32.2. The van der Waals surface area contributed by atoms with Crippen LogP contribution in [0.3, 0.4) is 0 Å². The molecule has 4 heteroatoms. The zero-order valence-electron chi connectivity index (χ0n) is 26.6. The first-order valence-electron chi connectivity index (χ1n) is 17.3. The molecule has 0 aromatic carbocycles. The molecule has 0 bridgehead atoms. The number of ether oxygens (including phenoxy) is 2. The molecule has 0 saturated heterocycles. The summed E-state index contributed by atoms with van der Waals surface area (Å²) in [4.78, 5) is 22.1. The van der Waals surface area contributed by atoms with Gasteiger partial charge in [0.25, 0.3) is 0 Å². The first kappa shape index (κ1) is 37.9. The average Bonchev–Trinajstić information content (AvgIpc) is 2.95. The van der Waals surface area contributed by atoms with Gasteiger partial charge < -0.3 is 9.47 Å². The van der Waals surface area contributed by atoms with Gasteiger partial charge >= 0.3 is 11.9 Å². The summed E-state index contributed by atoms with van der Waals surface area (Å²) < 4.78 is 9.35. The number of unbranched alkanes of at least 4 members (excludes halogenated alkanes) is 28. The van der Waals surface area contributed by atoms with Gasteiger partial charge in [0.05, 0.1) is 14.2 Å². The molecule has 39 heavy (non-hydrogen) atoms. The molecular weight excluding hydrogens is 484 g/mol. The van der Waals surface area contributed by atoms with Crippen molar-refractivity contribution in [1.82, 2.24) is 0 Å². The summed E-state index contributed by atoms with van der Waals surface area (Å²) in [5.41, 5.74) is 0. The molecule has 0 aromatic rings. The average molecular weight is 553 g/mol. The number of hydrogen-bond donors (Lipinski definition) is 0. The summed E-state index contributed by atoms with van der Waals surface area (Å²) in [6, 6.07) is 0. The third-order valence-corrected chi connectivity index (χ3v) is 8.22. The van der Waals surface area contributed by atoms with E-state index in [1.165, 1.54) is 188 Å². The molecule has 0 N–H and O–H groups in total. The van der Waals surface area contributed by atoms with Crippen LogP contribution < -0.4 is 0 Å². The number of rotatable bonds is 32. The van der Waals surface area contributed by atoms with Crippen LogP contribution in [0.4, 0.5) is 0 Å². The van der Waals surface area contributed by atoms with Gasteiger partial charge in [0.15, 0.2) is 0 Å². The molecule has 0 amide bonds. The smallest absolute Gasteiger partial charge is 0.305 e. The monoisotopic (exact) mass is 553 g/mol. The molecule has 0 rings (SSSR count). The van der Waals surface area contributed by atoms with Gasteiger partial charge in [-0.1, -0.05) is 173 Å². The maximum Gasteiger partial charge on any atom is 0.305 e. The highest BCUT2D eigenvalue weighted by Gasteiger charge is 2.00. The van der Waals surface area contributed by atoms with Crippen molar-refractivity contribution in [2.75, 3.05) is 14.2 Å².